The molecule has 0 radical (unpaired) electrons. The van der Waals surface area contributed by atoms with Gasteiger partial charge in [-0.2, -0.15) is 0 Å². The average Bonchev–Trinajstić information content (AvgIpc) is 2.79. The van der Waals surface area contributed by atoms with Crippen LogP contribution in [0, 0.1) is 5.92 Å². The number of nitrogens with zero attached hydrogens (tertiary/aromatic N) is 1. The Kier molecular flexibility index (Phi) is 4.58. The Bertz CT molecular complexity index is 565. The van der Waals surface area contributed by atoms with Crippen LogP contribution in [0.25, 0.3) is 11.0 Å². The second-order valence-electron chi connectivity index (χ2n) is 4.87. The molecule has 0 fully saturated rings. The lowest BCUT2D eigenvalue weighted by Gasteiger charge is -2.14. The maximum absolute atomic E-state index is 11.9. The first kappa shape index (κ1) is 14.1. The molecule has 0 aliphatic rings. The van der Waals surface area contributed by atoms with Crippen LogP contribution < -0.4 is 5.32 Å². The fraction of sp³-hybridized carbons (Fsp3) is 0.429. The van der Waals surface area contributed by atoms with Crippen LogP contribution in [0.15, 0.2) is 28.8 Å². The van der Waals surface area contributed by atoms with E-state index in [1.165, 1.54) is 0 Å². The molecule has 102 valence electrons. The van der Waals surface area contributed by atoms with E-state index in [1.807, 2.05) is 24.3 Å². The molecule has 1 aromatic carbocycles. The highest BCUT2D eigenvalue weighted by molar-refractivity contribution is 9.09. The highest BCUT2D eigenvalue weighted by atomic mass is 79.9. The Hall–Kier alpha value is -1.36. The number of rotatable bonds is 5. The molecule has 0 aliphatic carbocycles. The Morgan fingerprint density at radius 1 is 1.42 bits per heavy atom. The number of amides is 1. The summed E-state index contributed by atoms with van der Waals surface area (Å²) in [4.78, 5) is 12.2. The molecular formula is C14H17BrN2O2. The number of aromatic nitrogens is 1. The summed E-state index contributed by atoms with van der Waals surface area (Å²) >= 11 is 3.54. The molecule has 1 amide bonds. The lowest BCUT2D eigenvalue weighted by molar-refractivity contribution is -0.120. The number of alkyl halides is 1. The standard InChI is InChI=1S/C14H17BrN2O2/c1-9(2)11(15)8-16-14(18)7-12-10-5-3-4-6-13(10)19-17-12/h3-6,9,11H,7-8H2,1-2H3,(H,16,18). The first-order valence-corrected chi connectivity index (χ1v) is 7.23. The number of hydrogen-bond acceptors (Lipinski definition) is 3. The zero-order valence-corrected chi connectivity index (χ0v) is 12.6. The number of carbonyl (C=O) groups is 1. The minimum absolute atomic E-state index is 0.0378. The molecule has 19 heavy (non-hydrogen) atoms. The second-order valence-corrected chi connectivity index (χ2v) is 6.04. The molecule has 2 aromatic rings. The van der Waals surface area contributed by atoms with Crippen molar-refractivity contribution in [1.82, 2.24) is 10.5 Å². The minimum Gasteiger partial charge on any atom is -0.356 e. The van der Waals surface area contributed by atoms with Crippen molar-refractivity contribution in [1.29, 1.82) is 0 Å². The lowest BCUT2D eigenvalue weighted by Crippen LogP contribution is -2.32. The normalized spacial score (nSPS) is 12.8. The van der Waals surface area contributed by atoms with E-state index in [4.69, 9.17) is 4.52 Å². The van der Waals surface area contributed by atoms with Crippen LogP contribution in [-0.2, 0) is 11.2 Å². The Labute approximate surface area is 120 Å². The van der Waals surface area contributed by atoms with Crippen LogP contribution in [0.5, 0.6) is 0 Å². The van der Waals surface area contributed by atoms with Crippen molar-refractivity contribution in [2.45, 2.75) is 25.1 Å². The molecule has 0 saturated carbocycles. The molecule has 0 saturated heterocycles. The summed E-state index contributed by atoms with van der Waals surface area (Å²) in [5.74, 6) is 0.442. The van der Waals surface area contributed by atoms with Crippen molar-refractivity contribution in [2.24, 2.45) is 5.92 Å². The highest BCUT2D eigenvalue weighted by Crippen LogP contribution is 2.18. The molecule has 0 bridgehead atoms. The zero-order valence-electron chi connectivity index (χ0n) is 11.0. The van der Waals surface area contributed by atoms with Gasteiger partial charge in [0, 0.05) is 16.8 Å². The van der Waals surface area contributed by atoms with Crippen LogP contribution in [0.4, 0.5) is 0 Å². The molecule has 1 heterocycles. The van der Waals surface area contributed by atoms with Crippen LogP contribution in [0.2, 0.25) is 0 Å². The summed E-state index contributed by atoms with van der Waals surface area (Å²) in [5.41, 5.74) is 1.40. The molecule has 1 atom stereocenters. The second kappa shape index (κ2) is 6.19. The maximum Gasteiger partial charge on any atom is 0.226 e. The van der Waals surface area contributed by atoms with E-state index in [0.29, 0.717) is 23.7 Å². The number of fused-ring (bicyclic) bond motifs is 1. The third-order valence-electron chi connectivity index (χ3n) is 3.00. The van der Waals surface area contributed by atoms with Gasteiger partial charge in [-0.05, 0) is 18.1 Å². The Morgan fingerprint density at radius 2 is 2.16 bits per heavy atom. The van der Waals surface area contributed by atoms with Gasteiger partial charge in [0.05, 0.1) is 6.42 Å². The summed E-state index contributed by atoms with van der Waals surface area (Å²) < 4.78 is 5.17. The van der Waals surface area contributed by atoms with Gasteiger partial charge in [0.1, 0.15) is 5.69 Å². The molecule has 5 heteroatoms. The predicted octanol–water partition coefficient (Wildman–Crippen LogP) is 2.91. The van der Waals surface area contributed by atoms with Crippen LogP contribution >= 0.6 is 15.9 Å². The van der Waals surface area contributed by atoms with Gasteiger partial charge < -0.3 is 9.84 Å². The summed E-state index contributed by atoms with van der Waals surface area (Å²) in [6, 6.07) is 7.55. The molecule has 0 aliphatic heterocycles. The largest absolute Gasteiger partial charge is 0.356 e. The van der Waals surface area contributed by atoms with Gasteiger partial charge in [-0.25, -0.2) is 0 Å². The third kappa shape index (κ3) is 3.56. The highest BCUT2D eigenvalue weighted by Gasteiger charge is 2.14. The van der Waals surface area contributed by atoms with E-state index in [1.54, 1.807) is 0 Å². The molecule has 1 aromatic heterocycles. The molecule has 2 rings (SSSR count). The van der Waals surface area contributed by atoms with Gasteiger partial charge in [-0.1, -0.05) is 47.1 Å². The quantitative estimate of drug-likeness (QED) is 0.860. The number of benzene rings is 1. The fourth-order valence-electron chi connectivity index (χ4n) is 1.73. The zero-order chi connectivity index (χ0) is 13.8. The monoisotopic (exact) mass is 324 g/mol. The number of halogens is 1. The van der Waals surface area contributed by atoms with E-state index >= 15 is 0 Å². The summed E-state index contributed by atoms with van der Waals surface area (Å²) in [6.07, 6.45) is 0.245. The number of hydrogen-bond donors (Lipinski definition) is 1. The van der Waals surface area contributed by atoms with E-state index in [-0.39, 0.29) is 17.2 Å². The summed E-state index contributed by atoms with van der Waals surface area (Å²) in [5, 5.41) is 7.75. The molecule has 1 unspecified atom stereocenters. The average molecular weight is 325 g/mol. The van der Waals surface area contributed by atoms with E-state index in [0.717, 1.165) is 5.39 Å². The smallest absolute Gasteiger partial charge is 0.226 e. The van der Waals surface area contributed by atoms with Crippen LogP contribution in [0.3, 0.4) is 0 Å². The summed E-state index contributed by atoms with van der Waals surface area (Å²) in [6.45, 7) is 4.83. The van der Waals surface area contributed by atoms with E-state index in [2.05, 4.69) is 40.3 Å². The van der Waals surface area contributed by atoms with Crippen molar-refractivity contribution in [3.8, 4) is 0 Å². The van der Waals surface area contributed by atoms with Crippen molar-refractivity contribution in [3.05, 3.63) is 30.0 Å². The Morgan fingerprint density at radius 3 is 2.89 bits per heavy atom. The van der Waals surface area contributed by atoms with E-state index in [9.17, 15) is 4.79 Å². The lowest BCUT2D eigenvalue weighted by atomic mass is 10.1. The first-order valence-electron chi connectivity index (χ1n) is 6.32. The first-order chi connectivity index (χ1) is 9.08. The SMILES string of the molecule is CC(C)C(Br)CNC(=O)Cc1noc2ccccc12. The minimum atomic E-state index is -0.0378. The Balaban J connectivity index is 1.96. The van der Waals surface area contributed by atoms with Gasteiger partial charge in [-0.15, -0.1) is 0 Å². The number of para-hydroxylation sites is 1. The van der Waals surface area contributed by atoms with Gasteiger partial charge in [0.2, 0.25) is 5.91 Å². The van der Waals surface area contributed by atoms with Crippen molar-refractivity contribution in [2.75, 3.05) is 6.54 Å². The third-order valence-corrected chi connectivity index (χ3v) is 4.38. The molecule has 4 nitrogen and oxygen atoms in total. The maximum atomic E-state index is 11.9. The van der Waals surface area contributed by atoms with Crippen molar-refractivity contribution >= 4 is 32.8 Å². The fourth-order valence-corrected chi connectivity index (χ4v) is 1.89. The van der Waals surface area contributed by atoms with Gasteiger partial charge in [0.25, 0.3) is 0 Å². The van der Waals surface area contributed by atoms with Gasteiger partial charge in [-0.3, -0.25) is 4.79 Å². The van der Waals surface area contributed by atoms with Crippen LogP contribution in [-0.4, -0.2) is 22.4 Å². The van der Waals surface area contributed by atoms with E-state index < -0.39 is 0 Å². The topological polar surface area (TPSA) is 55.1 Å². The predicted molar refractivity (Wildman–Crippen MR) is 78.3 cm³/mol. The van der Waals surface area contributed by atoms with Crippen LogP contribution in [0.1, 0.15) is 19.5 Å². The molecule has 1 N–H and O–H groups in total. The molecule has 0 spiro atoms. The summed E-state index contributed by atoms with van der Waals surface area (Å²) in [7, 11) is 0. The van der Waals surface area contributed by atoms with Crippen molar-refractivity contribution < 1.29 is 9.32 Å². The van der Waals surface area contributed by atoms with Crippen molar-refractivity contribution in [3.63, 3.8) is 0 Å². The van der Waals surface area contributed by atoms with Gasteiger partial charge >= 0.3 is 0 Å². The van der Waals surface area contributed by atoms with Gasteiger partial charge in [0.15, 0.2) is 5.58 Å². The molecular weight excluding hydrogens is 308 g/mol. The number of carbonyl (C=O) groups excluding carboxylic acids is 1. The number of nitrogens with one attached hydrogen (secondary N) is 1.